The van der Waals surface area contributed by atoms with Gasteiger partial charge in [0.05, 0.1) is 11.5 Å². The molecule has 0 aliphatic rings. The molecule has 0 unspecified atom stereocenters. The number of thioether (sulfide) groups is 1. The van der Waals surface area contributed by atoms with Gasteiger partial charge in [-0.05, 0) is 24.1 Å². The first-order chi connectivity index (χ1) is 10.7. The predicted molar refractivity (Wildman–Crippen MR) is 97.1 cm³/mol. The third-order valence-electron chi connectivity index (χ3n) is 2.99. The van der Waals surface area contributed by atoms with Crippen molar-refractivity contribution in [2.75, 3.05) is 5.75 Å². The highest BCUT2D eigenvalue weighted by Gasteiger charge is 2.04. The van der Waals surface area contributed by atoms with Crippen LogP contribution in [0.3, 0.4) is 0 Å². The summed E-state index contributed by atoms with van der Waals surface area (Å²) >= 11 is 5.07. The monoisotopic (exact) mass is 376 g/mol. The lowest BCUT2D eigenvalue weighted by atomic mass is 10.1. The fourth-order valence-electron chi connectivity index (χ4n) is 1.79. The van der Waals surface area contributed by atoms with Crippen LogP contribution in [-0.2, 0) is 10.5 Å². The van der Waals surface area contributed by atoms with Crippen molar-refractivity contribution in [2.45, 2.75) is 12.7 Å². The van der Waals surface area contributed by atoms with Gasteiger partial charge < -0.3 is 0 Å². The Morgan fingerprint density at radius 1 is 1.14 bits per heavy atom. The minimum Gasteiger partial charge on any atom is -0.272 e. The van der Waals surface area contributed by atoms with Crippen molar-refractivity contribution in [3.8, 4) is 0 Å². The van der Waals surface area contributed by atoms with E-state index in [0.29, 0.717) is 5.75 Å². The zero-order valence-corrected chi connectivity index (χ0v) is 14.7. The number of halogens is 1. The van der Waals surface area contributed by atoms with Gasteiger partial charge in [-0.2, -0.15) is 5.10 Å². The molecule has 0 saturated heterocycles. The highest BCUT2D eigenvalue weighted by molar-refractivity contribution is 9.10. The second-order valence-corrected chi connectivity index (χ2v) is 6.52. The average Bonchev–Trinajstić information content (AvgIpc) is 2.55. The molecule has 1 amide bonds. The molecule has 0 aliphatic heterocycles. The molecule has 22 heavy (non-hydrogen) atoms. The Kier molecular flexibility index (Phi) is 6.68. The van der Waals surface area contributed by atoms with Crippen molar-refractivity contribution >= 4 is 39.3 Å². The largest absolute Gasteiger partial charge is 0.272 e. The van der Waals surface area contributed by atoms with E-state index in [-0.39, 0.29) is 5.91 Å². The maximum atomic E-state index is 11.8. The summed E-state index contributed by atoms with van der Waals surface area (Å²) in [5.41, 5.74) is 5.58. The average molecular weight is 377 g/mol. The van der Waals surface area contributed by atoms with E-state index >= 15 is 0 Å². The summed E-state index contributed by atoms with van der Waals surface area (Å²) in [4.78, 5) is 11.8. The van der Waals surface area contributed by atoms with Crippen LogP contribution < -0.4 is 5.43 Å². The molecule has 2 rings (SSSR count). The van der Waals surface area contributed by atoms with Crippen molar-refractivity contribution in [3.05, 3.63) is 70.2 Å². The molecule has 5 heteroatoms. The van der Waals surface area contributed by atoms with Gasteiger partial charge in [-0.3, -0.25) is 4.79 Å². The number of benzene rings is 2. The van der Waals surface area contributed by atoms with Crippen LogP contribution >= 0.6 is 27.7 Å². The molecule has 2 aromatic carbocycles. The summed E-state index contributed by atoms with van der Waals surface area (Å²) < 4.78 is 1.07. The minimum atomic E-state index is -0.0904. The van der Waals surface area contributed by atoms with E-state index in [4.69, 9.17) is 0 Å². The van der Waals surface area contributed by atoms with Crippen LogP contribution in [0.1, 0.15) is 18.1 Å². The van der Waals surface area contributed by atoms with Gasteiger partial charge in [0.15, 0.2) is 0 Å². The SMILES string of the molecule is C/C(=N/NC(=O)CSCc1ccccc1Br)c1ccccc1. The normalized spacial score (nSPS) is 11.3. The number of nitrogens with zero attached hydrogens (tertiary/aromatic N) is 1. The highest BCUT2D eigenvalue weighted by atomic mass is 79.9. The lowest BCUT2D eigenvalue weighted by Crippen LogP contribution is -2.21. The van der Waals surface area contributed by atoms with Gasteiger partial charge in [-0.25, -0.2) is 5.43 Å². The fraction of sp³-hybridized carbons (Fsp3) is 0.176. The maximum absolute atomic E-state index is 11.8. The molecule has 0 aliphatic carbocycles. The van der Waals surface area contributed by atoms with Crippen molar-refractivity contribution in [1.29, 1.82) is 0 Å². The van der Waals surface area contributed by atoms with E-state index in [1.165, 1.54) is 5.56 Å². The molecule has 0 fully saturated rings. The molecule has 0 saturated carbocycles. The van der Waals surface area contributed by atoms with Gasteiger partial charge in [-0.15, -0.1) is 11.8 Å². The minimum absolute atomic E-state index is 0.0904. The van der Waals surface area contributed by atoms with E-state index < -0.39 is 0 Å². The molecular weight excluding hydrogens is 360 g/mol. The molecule has 0 bridgehead atoms. The van der Waals surface area contributed by atoms with E-state index in [9.17, 15) is 4.79 Å². The fourth-order valence-corrected chi connectivity index (χ4v) is 3.23. The first-order valence-corrected chi connectivity index (χ1v) is 8.81. The Balaban J connectivity index is 1.78. The lowest BCUT2D eigenvalue weighted by Gasteiger charge is -2.04. The lowest BCUT2D eigenvalue weighted by molar-refractivity contribution is -0.118. The Labute approximate surface area is 143 Å². The summed E-state index contributed by atoms with van der Waals surface area (Å²) in [6, 6.07) is 17.8. The van der Waals surface area contributed by atoms with Crippen LogP contribution in [0.2, 0.25) is 0 Å². The topological polar surface area (TPSA) is 41.5 Å². The van der Waals surface area contributed by atoms with Crippen LogP contribution in [-0.4, -0.2) is 17.4 Å². The Morgan fingerprint density at radius 3 is 2.55 bits per heavy atom. The molecule has 3 nitrogen and oxygen atoms in total. The maximum Gasteiger partial charge on any atom is 0.250 e. The van der Waals surface area contributed by atoms with Crippen LogP contribution in [0.4, 0.5) is 0 Å². The van der Waals surface area contributed by atoms with Crippen LogP contribution in [0.15, 0.2) is 64.2 Å². The van der Waals surface area contributed by atoms with Crippen LogP contribution in [0.25, 0.3) is 0 Å². The molecule has 0 aromatic heterocycles. The molecule has 0 spiro atoms. The molecule has 114 valence electrons. The number of hydrogen-bond acceptors (Lipinski definition) is 3. The molecule has 1 N–H and O–H groups in total. The summed E-state index contributed by atoms with van der Waals surface area (Å²) in [5.74, 6) is 1.08. The summed E-state index contributed by atoms with van der Waals surface area (Å²) in [7, 11) is 0. The van der Waals surface area contributed by atoms with Gasteiger partial charge in [0.2, 0.25) is 5.91 Å². The second-order valence-electron chi connectivity index (χ2n) is 4.68. The first kappa shape index (κ1) is 16.8. The molecule has 2 aromatic rings. The van der Waals surface area contributed by atoms with E-state index in [2.05, 4.69) is 26.5 Å². The Morgan fingerprint density at radius 2 is 1.82 bits per heavy atom. The van der Waals surface area contributed by atoms with Gasteiger partial charge >= 0.3 is 0 Å². The first-order valence-electron chi connectivity index (χ1n) is 6.86. The number of rotatable bonds is 6. The van der Waals surface area contributed by atoms with Gasteiger partial charge in [0.1, 0.15) is 0 Å². The quantitative estimate of drug-likeness (QED) is 0.605. The summed E-state index contributed by atoms with van der Waals surface area (Å²) in [6.45, 7) is 1.88. The van der Waals surface area contributed by atoms with Gasteiger partial charge in [-0.1, -0.05) is 64.5 Å². The van der Waals surface area contributed by atoms with E-state index in [1.807, 2.05) is 61.5 Å². The number of nitrogens with one attached hydrogen (secondary N) is 1. The van der Waals surface area contributed by atoms with Crippen molar-refractivity contribution in [3.63, 3.8) is 0 Å². The second kappa shape index (κ2) is 8.76. The number of hydrazone groups is 1. The van der Waals surface area contributed by atoms with Crippen molar-refractivity contribution < 1.29 is 4.79 Å². The number of carbonyl (C=O) groups is 1. The number of hydrogen-bond donors (Lipinski definition) is 1. The zero-order chi connectivity index (χ0) is 15.8. The van der Waals surface area contributed by atoms with Crippen LogP contribution in [0.5, 0.6) is 0 Å². The van der Waals surface area contributed by atoms with Gasteiger partial charge in [0, 0.05) is 10.2 Å². The summed E-state index contributed by atoms with van der Waals surface area (Å²) in [5, 5.41) is 4.13. The van der Waals surface area contributed by atoms with Crippen molar-refractivity contribution in [2.24, 2.45) is 5.10 Å². The van der Waals surface area contributed by atoms with E-state index in [1.54, 1.807) is 11.8 Å². The molecular formula is C17H17BrN2OS. The summed E-state index contributed by atoms with van der Waals surface area (Å²) in [6.07, 6.45) is 0. The molecule has 0 heterocycles. The zero-order valence-electron chi connectivity index (χ0n) is 12.3. The third-order valence-corrected chi connectivity index (χ3v) is 4.74. The number of amides is 1. The van der Waals surface area contributed by atoms with Crippen LogP contribution in [0, 0.1) is 0 Å². The molecule has 0 atom stereocenters. The number of carbonyl (C=O) groups excluding carboxylic acids is 1. The van der Waals surface area contributed by atoms with E-state index in [0.717, 1.165) is 21.5 Å². The standard InChI is InChI=1S/C17H17BrN2OS/c1-13(14-7-3-2-4-8-14)19-20-17(21)12-22-11-15-9-5-6-10-16(15)18/h2-10H,11-12H2,1H3,(H,20,21)/b19-13-. The smallest absolute Gasteiger partial charge is 0.250 e. The van der Waals surface area contributed by atoms with Gasteiger partial charge in [0.25, 0.3) is 0 Å². The predicted octanol–water partition coefficient (Wildman–Crippen LogP) is 4.22. The third kappa shape index (κ3) is 5.31. The Bertz CT molecular complexity index is 659. The molecule has 0 radical (unpaired) electrons. The Hall–Kier alpha value is -1.59. The highest BCUT2D eigenvalue weighted by Crippen LogP contribution is 2.21. The van der Waals surface area contributed by atoms with Crippen molar-refractivity contribution in [1.82, 2.24) is 5.43 Å².